The van der Waals surface area contributed by atoms with E-state index in [1.165, 1.54) is 18.2 Å². The van der Waals surface area contributed by atoms with Gasteiger partial charge in [0.15, 0.2) is 6.10 Å². The molecule has 0 saturated carbocycles. The molecule has 0 amide bonds. The number of hydrogen-bond donors (Lipinski definition) is 5. The SMILES string of the molecule is N#Cc1ccc(Oc2ccc(O[C@@H]3O[C@H](C(=O)O)[C@@H](O)[C@H](O)[C@H]3O)c(CO)c2)cc1. The number of nitrogens with zero attached hydrogens (tertiary/aromatic N) is 1. The molecule has 0 spiro atoms. The number of aliphatic hydroxyl groups excluding tert-OH is 4. The first-order chi connectivity index (χ1) is 14.3. The minimum Gasteiger partial charge on any atom is -0.479 e. The monoisotopic (exact) mass is 417 g/mol. The molecular formula is C20H19NO9. The molecule has 1 fully saturated rings. The molecule has 5 N–H and O–H groups in total. The van der Waals surface area contributed by atoms with Crippen LogP contribution in [0.5, 0.6) is 17.2 Å². The van der Waals surface area contributed by atoms with E-state index in [1.54, 1.807) is 24.3 Å². The minimum absolute atomic E-state index is 0.0569. The zero-order valence-corrected chi connectivity index (χ0v) is 15.5. The van der Waals surface area contributed by atoms with E-state index < -0.39 is 43.3 Å². The largest absolute Gasteiger partial charge is 0.479 e. The molecule has 1 aliphatic rings. The van der Waals surface area contributed by atoms with Crippen LogP contribution in [0.1, 0.15) is 11.1 Å². The summed E-state index contributed by atoms with van der Waals surface area (Å²) in [5, 5.41) is 57.2. The minimum atomic E-state index is -1.84. The van der Waals surface area contributed by atoms with Crippen LogP contribution in [0.4, 0.5) is 0 Å². The lowest BCUT2D eigenvalue weighted by Gasteiger charge is -2.38. The zero-order valence-electron chi connectivity index (χ0n) is 15.5. The molecule has 0 radical (unpaired) electrons. The number of benzene rings is 2. The third kappa shape index (κ3) is 4.51. The van der Waals surface area contributed by atoms with E-state index in [9.17, 15) is 25.2 Å². The molecule has 0 aliphatic carbocycles. The highest BCUT2D eigenvalue weighted by molar-refractivity contribution is 5.73. The number of carboxylic acid groups (broad SMARTS) is 1. The quantitative estimate of drug-likeness (QED) is 0.435. The smallest absolute Gasteiger partial charge is 0.335 e. The predicted octanol–water partition coefficient (Wildman–Crippen LogP) is 0.114. The summed E-state index contributed by atoms with van der Waals surface area (Å²) in [7, 11) is 0. The Labute approximate surface area is 170 Å². The summed E-state index contributed by atoms with van der Waals surface area (Å²) >= 11 is 0. The summed E-state index contributed by atoms with van der Waals surface area (Å²) in [6.07, 6.45) is -8.76. The molecule has 3 rings (SSSR count). The van der Waals surface area contributed by atoms with Crippen LogP contribution in [-0.4, -0.2) is 62.2 Å². The standard InChI is InChI=1S/C20H19NO9/c21-8-10-1-3-12(4-2-10)28-13-5-6-14(11(7-13)9-22)29-20-17(25)15(23)16(24)18(30-20)19(26)27/h1-7,15-18,20,22-25H,9H2,(H,26,27)/t15-,16-,17+,18-,20+/m0/s1. The van der Waals surface area contributed by atoms with Gasteiger partial charge in [-0.3, -0.25) is 0 Å². The summed E-state index contributed by atoms with van der Waals surface area (Å²) in [4.78, 5) is 11.2. The van der Waals surface area contributed by atoms with E-state index in [-0.39, 0.29) is 11.3 Å². The van der Waals surface area contributed by atoms with Crippen molar-refractivity contribution in [2.75, 3.05) is 0 Å². The van der Waals surface area contributed by atoms with Gasteiger partial charge in [0.05, 0.1) is 18.2 Å². The third-order valence-electron chi connectivity index (χ3n) is 4.48. The Morgan fingerprint density at radius 1 is 1.03 bits per heavy atom. The third-order valence-corrected chi connectivity index (χ3v) is 4.48. The molecule has 0 aromatic heterocycles. The van der Waals surface area contributed by atoms with Gasteiger partial charge in [0.25, 0.3) is 0 Å². The van der Waals surface area contributed by atoms with Crippen molar-refractivity contribution in [3.63, 3.8) is 0 Å². The fourth-order valence-corrected chi connectivity index (χ4v) is 2.87. The molecule has 2 aromatic carbocycles. The first kappa shape index (κ1) is 21.5. The maximum Gasteiger partial charge on any atom is 0.335 e. The topological polar surface area (TPSA) is 170 Å². The number of hydrogen-bond acceptors (Lipinski definition) is 9. The second-order valence-electron chi connectivity index (χ2n) is 6.52. The molecule has 1 saturated heterocycles. The van der Waals surface area contributed by atoms with Crippen molar-refractivity contribution < 1.29 is 44.5 Å². The maximum absolute atomic E-state index is 11.2. The number of aliphatic carboxylic acids is 1. The van der Waals surface area contributed by atoms with Gasteiger partial charge in [-0.15, -0.1) is 0 Å². The van der Waals surface area contributed by atoms with E-state index in [1.807, 2.05) is 6.07 Å². The number of carbonyl (C=O) groups is 1. The summed E-state index contributed by atoms with van der Waals surface area (Å²) in [5.74, 6) is -0.670. The Morgan fingerprint density at radius 3 is 2.30 bits per heavy atom. The molecule has 2 aromatic rings. The van der Waals surface area contributed by atoms with E-state index >= 15 is 0 Å². The van der Waals surface area contributed by atoms with Gasteiger partial charge in [-0.1, -0.05) is 0 Å². The molecule has 5 atom stereocenters. The average Bonchev–Trinajstić information content (AvgIpc) is 2.75. The van der Waals surface area contributed by atoms with Crippen molar-refractivity contribution in [3.8, 4) is 23.3 Å². The molecule has 10 heteroatoms. The first-order valence-corrected chi connectivity index (χ1v) is 8.85. The molecule has 1 aliphatic heterocycles. The highest BCUT2D eigenvalue weighted by atomic mass is 16.7. The van der Waals surface area contributed by atoms with Crippen molar-refractivity contribution in [2.24, 2.45) is 0 Å². The van der Waals surface area contributed by atoms with E-state index in [0.29, 0.717) is 17.1 Å². The van der Waals surface area contributed by atoms with Crippen LogP contribution in [-0.2, 0) is 16.1 Å². The summed E-state index contributed by atoms with van der Waals surface area (Å²) in [6, 6.07) is 12.7. The van der Waals surface area contributed by atoms with Gasteiger partial charge in [0, 0.05) is 5.56 Å². The number of ether oxygens (including phenoxy) is 3. The van der Waals surface area contributed by atoms with Crippen LogP contribution in [0, 0.1) is 11.3 Å². The summed E-state index contributed by atoms with van der Waals surface area (Å²) in [5.41, 5.74) is 0.713. The van der Waals surface area contributed by atoms with Gasteiger partial charge in [-0.25, -0.2) is 4.79 Å². The molecule has 0 unspecified atom stereocenters. The molecule has 158 valence electrons. The average molecular weight is 417 g/mol. The molecule has 0 bridgehead atoms. The Hall–Kier alpha value is -3.20. The number of carboxylic acids is 1. The van der Waals surface area contributed by atoms with Crippen molar-refractivity contribution in [2.45, 2.75) is 37.3 Å². The number of aliphatic hydroxyl groups is 4. The van der Waals surface area contributed by atoms with Crippen molar-refractivity contribution >= 4 is 5.97 Å². The lowest BCUT2D eigenvalue weighted by Crippen LogP contribution is -2.61. The number of nitriles is 1. The van der Waals surface area contributed by atoms with Crippen LogP contribution in [0.2, 0.25) is 0 Å². The maximum atomic E-state index is 11.2. The van der Waals surface area contributed by atoms with Crippen LogP contribution in [0.15, 0.2) is 42.5 Å². The summed E-state index contributed by atoms with van der Waals surface area (Å²) in [6.45, 7) is -0.476. The van der Waals surface area contributed by atoms with Gasteiger partial charge in [0.2, 0.25) is 6.29 Å². The molecule has 1 heterocycles. The van der Waals surface area contributed by atoms with Crippen molar-refractivity contribution in [1.29, 1.82) is 5.26 Å². The second kappa shape index (κ2) is 9.08. The normalized spacial score (nSPS) is 25.9. The Kier molecular flexibility index (Phi) is 6.51. The van der Waals surface area contributed by atoms with E-state index in [0.717, 1.165) is 0 Å². The van der Waals surface area contributed by atoms with Gasteiger partial charge < -0.3 is 39.7 Å². The van der Waals surface area contributed by atoms with Crippen LogP contribution >= 0.6 is 0 Å². The first-order valence-electron chi connectivity index (χ1n) is 8.85. The number of rotatable bonds is 6. The lowest BCUT2D eigenvalue weighted by molar-refractivity contribution is -0.271. The van der Waals surface area contributed by atoms with Crippen LogP contribution < -0.4 is 9.47 Å². The van der Waals surface area contributed by atoms with Gasteiger partial charge in [-0.05, 0) is 42.5 Å². The second-order valence-corrected chi connectivity index (χ2v) is 6.52. The molecule has 30 heavy (non-hydrogen) atoms. The van der Waals surface area contributed by atoms with E-state index in [4.69, 9.17) is 24.6 Å². The van der Waals surface area contributed by atoms with Gasteiger partial charge >= 0.3 is 5.97 Å². The Bertz CT molecular complexity index is 940. The summed E-state index contributed by atoms with van der Waals surface area (Å²) < 4.78 is 16.2. The fraction of sp³-hybridized carbons (Fsp3) is 0.300. The highest BCUT2D eigenvalue weighted by Crippen LogP contribution is 2.31. The predicted molar refractivity (Wildman–Crippen MR) is 98.5 cm³/mol. The van der Waals surface area contributed by atoms with E-state index in [2.05, 4.69) is 0 Å². The zero-order chi connectivity index (χ0) is 21.8. The highest BCUT2D eigenvalue weighted by Gasteiger charge is 2.48. The lowest BCUT2D eigenvalue weighted by atomic mass is 9.99. The fourth-order valence-electron chi connectivity index (χ4n) is 2.87. The van der Waals surface area contributed by atoms with Crippen molar-refractivity contribution in [3.05, 3.63) is 53.6 Å². The molecular weight excluding hydrogens is 398 g/mol. The van der Waals surface area contributed by atoms with Gasteiger partial charge in [0.1, 0.15) is 35.6 Å². The van der Waals surface area contributed by atoms with Crippen molar-refractivity contribution in [1.82, 2.24) is 0 Å². The van der Waals surface area contributed by atoms with Crippen LogP contribution in [0.25, 0.3) is 0 Å². The van der Waals surface area contributed by atoms with Gasteiger partial charge in [-0.2, -0.15) is 5.26 Å². The Morgan fingerprint density at radius 2 is 1.70 bits per heavy atom. The Balaban J connectivity index is 1.77. The molecule has 10 nitrogen and oxygen atoms in total. The van der Waals surface area contributed by atoms with Crippen LogP contribution in [0.3, 0.4) is 0 Å².